The minimum absolute atomic E-state index is 0.142. The van der Waals surface area contributed by atoms with Crippen LogP contribution in [0.25, 0.3) is 0 Å². The summed E-state index contributed by atoms with van der Waals surface area (Å²) in [6.45, 7) is 0.624. The topological polar surface area (TPSA) is 75.6 Å². The van der Waals surface area contributed by atoms with Gasteiger partial charge in [0, 0.05) is 19.8 Å². The molecule has 0 atom stereocenters. The predicted octanol–water partition coefficient (Wildman–Crippen LogP) is 1.56. The third-order valence-corrected chi connectivity index (χ3v) is 4.53. The van der Waals surface area contributed by atoms with E-state index in [2.05, 4.69) is 5.32 Å². The molecule has 0 aromatic heterocycles. The van der Waals surface area contributed by atoms with E-state index in [4.69, 9.17) is 9.84 Å². The molecule has 0 unspecified atom stereocenters. The van der Waals surface area contributed by atoms with Crippen molar-refractivity contribution in [2.24, 2.45) is 11.3 Å². The lowest BCUT2D eigenvalue weighted by Gasteiger charge is -2.28. The maximum absolute atomic E-state index is 12.2. The third kappa shape index (κ3) is 3.47. The molecule has 0 aliphatic heterocycles. The molecular weight excluding hydrogens is 246 g/mol. The van der Waals surface area contributed by atoms with E-state index >= 15 is 0 Å². The number of carbonyl (C=O) groups is 2. The van der Waals surface area contributed by atoms with Gasteiger partial charge in [-0.15, -0.1) is 0 Å². The average Bonchev–Trinajstić information content (AvgIpc) is 3.18. The van der Waals surface area contributed by atoms with E-state index in [9.17, 15) is 9.59 Å². The normalized spacial score (nSPS) is 28.7. The fourth-order valence-corrected chi connectivity index (χ4v) is 2.86. The van der Waals surface area contributed by atoms with Crippen molar-refractivity contribution in [1.82, 2.24) is 5.32 Å². The fraction of sp³-hybridized carbons (Fsp3) is 0.857. The number of ether oxygens (including phenoxy) is 1. The first-order valence-electron chi connectivity index (χ1n) is 7.10. The number of aliphatic carboxylic acids is 1. The zero-order valence-electron chi connectivity index (χ0n) is 11.5. The summed E-state index contributed by atoms with van der Waals surface area (Å²) < 4.78 is 5.05. The van der Waals surface area contributed by atoms with Crippen LogP contribution in [0.3, 0.4) is 0 Å². The summed E-state index contributed by atoms with van der Waals surface area (Å²) in [4.78, 5) is 23.1. The van der Waals surface area contributed by atoms with Crippen LogP contribution in [0, 0.1) is 11.3 Å². The lowest BCUT2D eigenvalue weighted by Crippen LogP contribution is -2.42. The number of hydrogen-bond acceptors (Lipinski definition) is 3. The Morgan fingerprint density at radius 3 is 2.37 bits per heavy atom. The number of rotatable bonds is 6. The summed E-state index contributed by atoms with van der Waals surface area (Å²) in [5, 5.41) is 12.0. The van der Waals surface area contributed by atoms with E-state index in [0.29, 0.717) is 19.4 Å². The molecule has 0 saturated heterocycles. The first-order valence-corrected chi connectivity index (χ1v) is 7.10. The largest absolute Gasteiger partial charge is 0.481 e. The highest BCUT2D eigenvalue weighted by Gasteiger charge is 2.49. The lowest BCUT2D eigenvalue weighted by atomic mass is 9.85. The van der Waals surface area contributed by atoms with Crippen molar-refractivity contribution >= 4 is 11.9 Å². The molecule has 5 heteroatoms. The van der Waals surface area contributed by atoms with Gasteiger partial charge in [0.2, 0.25) is 5.91 Å². The van der Waals surface area contributed by atoms with E-state index in [1.165, 1.54) is 0 Å². The van der Waals surface area contributed by atoms with Crippen LogP contribution in [0.15, 0.2) is 0 Å². The zero-order chi connectivity index (χ0) is 13.9. The van der Waals surface area contributed by atoms with Crippen LogP contribution < -0.4 is 5.32 Å². The summed E-state index contributed by atoms with van der Waals surface area (Å²) in [6.07, 6.45) is 5.60. The number of carboxylic acid groups (broad SMARTS) is 1. The van der Waals surface area contributed by atoms with Crippen LogP contribution >= 0.6 is 0 Å². The highest BCUT2D eigenvalue weighted by Crippen LogP contribution is 2.49. The van der Waals surface area contributed by atoms with E-state index < -0.39 is 5.97 Å². The molecule has 19 heavy (non-hydrogen) atoms. The van der Waals surface area contributed by atoms with Crippen molar-refractivity contribution < 1.29 is 19.4 Å². The third-order valence-electron chi connectivity index (χ3n) is 4.53. The second-order valence-electron chi connectivity index (χ2n) is 5.88. The van der Waals surface area contributed by atoms with Crippen molar-refractivity contribution in [3.05, 3.63) is 0 Å². The summed E-state index contributed by atoms with van der Waals surface area (Å²) in [5.74, 6) is -0.789. The molecule has 2 saturated carbocycles. The van der Waals surface area contributed by atoms with Crippen molar-refractivity contribution in [1.29, 1.82) is 0 Å². The molecule has 0 spiro atoms. The maximum atomic E-state index is 12.2. The number of hydrogen-bond donors (Lipinski definition) is 2. The smallest absolute Gasteiger partial charge is 0.306 e. The Balaban J connectivity index is 1.76. The summed E-state index contributed by atoms with van der Waals surface area (Å²) in [6, 6.07) is 0.156. The van der Waals surface area contributed by atoms with Gasteiger partial charge in [0.1, 0.15) is 0 Å². The highest BCUT2D eigenvalue weighted by atomic mass is 16.5. The number of carbonyl (C=O) groups excluding carboxylic acids is 1. The lowest BCUT2D eigenvalue weighted by molar-refractivity contribution is -0.142. The first-order chi connectivity index (χ1) is 9.07. The van der Waals surface area contributed by atoms with Gasteiger partial charge in [-0.25, -0.2) is 0 Å². The molecule has 0 bridgehead atoms. The number of carboxylic acids is 1. The highest BCUT2D eigenvalue weighted by molar-refractivity contribution is 5.85. The van der Waals surface area contributed by atoms with E-state index in [1.807, 2.05) is 0 Å². The number of methoxy groups -OCH3 is 1. The summed E-state index contributed by atoms with van der Waals surface area (Å²) >= 11 is 0. The number of nitrogens with one attached hydrogen (secondary N) is 1. The molecule has 2 aliphatic carbocycles. The number of amides is 1. The van der Waals surface area contributed by atoms with Gasteiger partial charge in [-0.3, -0.25) is 9.59 Å². The van der Waals surface area contributed by atoms with Crippen LogP contribution in [0.1, 0.15) is 44.9 Å². The van der Waals surface area contributed by atoms with Crippen LogP contribution in [0.5, 0.6) is 0 Å². The summed E-state index contributed by atoms with van der Waals surface area (Å²) in [5.41, 5.74) is -0.195. The predicted molar refractivity (Wildman–Crippen MR) is 69.7 cm³/mol. The van der Waals surface area contributed by atoms with Gasteiger partial charge >= 0.3 is 5.97 Å². The molecule has 2 rings (SSSR count). The SMILES string of the molecule is COCCC1(C(=O)NC2CCC(C(=O)O)CC2)CC1. The Hall–Kier alpha value is -1.10. The molecule has 5 nitrogen and oxygen atoms in total. The molecule has 0 aromatic rings. The molecule has 2 N–H and O–H groups in total. The van der Waals surface area contributed by atoms with E-state index in [-0.39, 0.29) is 23.3 Å². The quantitative estimate of drug-likeness (QED) is 0.767. The Kier molecular flexibility index (Phi) is 4.45. The van der Waals surface area contributed by atoms with Gasteiger partial charge in [-0.1, -0.05) is 0 Å². The Morgan fingerprint density at radius 2 is 1.89 bits per heavy atom. The van der Waals surface area contributed by atoms with Crippen LogP contribution in [0.4, 0.5) is 0 Å². The molecule has 0 aromatic carbocycles. The van der Waals surface area contributed by atoms with Gasteiger partial charge < -0.3 is 15.2 Å². The van der Waals surface area contributed by atoms with Gasteiger partial charge in [0.25, 0.3) is 0 Å². The van der Waals surface area contributed by atoms with Gasteiger partial charge in [0.15, 0.2) is 0 Å². The van der Waals surface area contributed by atoms with Gasteiger partial charge in [0.05, 0.1) is 11.3 Å². The minimum atomic E-state index is -0.705. The second kappa shape index (κ2) is 5.90. The Morgan fingerprint density at radius 1 is 1.26 bits per heavy atom. The second-order valence-corrected chi connectivity index (χ2v) is 5.88. The molecule has 108 valence electrons. The average molecular weight is 269 g/mol. The standard InChI is InChI=1S/C14H23NO4/c1-19-9-8-14(6-7-14)13(18)15-11-4-2-10(3-5-11)12(16)17/h10-11H,2-9H2,1H3,(H,15,18)(H,16,17). The minimum Gasteiger partial charge on any atom is -0.481 e. The Bertz CT molecular complexity index is 343. The molecular formula is C14H23NO4. The maximum Gasteiger partial charge on any atom is 0.306 e. The van der Waals surface area contributed by atoms with Gasteiger partial charge in [-0.2, -0.15) is 0 Å². The first kappa shape index (κ1) is 14.3. The van der Waals surface area contributed by atoms with Crippen molar-refractivity contribution in [3.63, 3.8) is 0 Å². The molecule has 2 fully saturated rings. The molecule has 0 heterocycles. The summed E-state index contributed by atoms with van der Waals surface area (Å²) in [7, 11) is 1.65. The van der Waals surface area contributed by atoms with E-state index in [1.54, 1.807) is 7.11 Å². The van der Waals surface area contributed by atoms with Crippen LogP contribution in [0.2, 0.25) is 0 Å². The van der Waals surface area contributed by atoms with Crippen molar-refractivity contribution in [2.75, 3.05) is 13.7 Å². The molecule has 1 amide bonds. The van der Waals surface area contributed by atoms with Crippen LogP contribution in [-0.4, -0.2) is 36.7 Å². The fourth-order valence-electron chi connectivity index (χ4n) is 2.86. The van der Waals surface area contributed by atoms with Crippen LogP contribution in [-0.2, 0) is 14.3 Å². The molecule has 0 radical (unpaired) electrons. The van der Waals surface area contributed by atoms with Crippen molar-refractivity contribution in [2.45, 2.75) is 51.0 Å². The van der Waals surface area contributed by atoms with Gasteiger partial charge in [-0.05, 0) is 44.9 Å². The van der Waals surface area contributed by atoms with Crippen molar-refractivity contribution in [3.8, 4) is 0 Å². The Labute approximate surface area is 113 Å². The monoisotopic (exact) mass is 269 g/mol. The molecule has 2 aliphatic rings. The van der Waals surface area contributed by atoms with E-state index in [0.717, 1.165) is 32.1 Å². The zero-order valence-corrected chi connectivity index (χ0v) is 11.5.